The van der Waals surface area contributed by atoms with Gasteiger partial charge in [0.25, 0.3) is 0 Å². The molecule has 6 heteroatoms. The number of hydrogen-bond donors (Lipinski definition) is 0. The van der Waals surface area contributed by atoms with E-state index in [1.54, 1.807) is 24.3 Å². The Morgan fingerprint density at radius 2 is 2.00 bits per heavy atom. The summed E-state index contributed by atoms with van der Waals surface area (Å²) in [6, 6.07) is 8.36. The van der Waals surface area contributed by atoms with Gasteiger partial charge in [-0.1, -0.05) is 24.4 Å². The van der Waals surface area contributed by atoms with Gasteiger partial charge in [0.15, 0.2) is 0 Å². The van der Waals surface area contributed by atoms with E-state index in [1.165, 1.54) is 0 Å². The van der Waals surface area contributed by atoms with Crippen molar-refractivity contribution in [1.82, 2.24) is 0 Å². The van der Waals surface area contributed by atoms with E-state index in [0.717, 1.165) is 0 Å². The minimum absolute atomic E-state index is 0. The summed E-state index contributed by atoms with van der Waals surface area (Å²) in [6.45, 7) is -4.72. The summed E-state index contributed by atoms with van der Waals surface area (Å²) in [5.41, 5.74) is 1.06. The zero-order valence-corrected chi connectivity index (χ0v) is 12.0. The number of hydrogen-bond acceptors (Lipinski definition) is 1. The van der Waals surface area contributed by atoms with E-state index in [9.17, 15) is 12.9 Å². The second-order valence-electron chi connectivity index (χ2n) is 3.87. The summed E-state index contributed by atoms with van der Waals surface area (Å²) in [5, 5.41) is 8.62. The minimum atomic E-state index is -4.72. The summed E-state index contributed by atoms with van der Waals surface area (Å²) < 4.78 is 37.1. The molecular weight excluding hydrogens is 241 g/mol. The van der Waals surface area contributed by atoms with Crippen LogP contribution in [-0.4, -0.2) is 6.98 Å². The molecule has 0 N–H and O–H groups in total. The van der Waals surface area contributed by atoms with Crippen LogP contribution in [0.3, 0.4) is 0 Å². The summed E-state index contributed by atoms with van der Waals surface area (Å²) in [5.74, 6) is -1.57. The van der Waals surface area contributed by atoms with Crippen molar-refractivity contribution in [3.63, 3.8) is 0 Å². The molecule has 0 bridgehead atoms. The Balaban J connectivity index is 0.00000128. The molecule has 1 saturated carbocycles. The number of nitriles is 1. The van der Waals surface area contributed by atoms with Crippen LogP contribution in [0.15, 0.2) is 24.3 Å². The predicted octanol–water partition coefficient (Wildman–Crippen LogP) is 0.267. The number of rotatable bonds is 2. The van der Waals surface area contributed by atoms with Crippen molar-refractivity contribution in [1.29, 1.82) is 5.26 Å². The predicted molar refractivity (Wildman–Crippen MR) is 51.3 cm³/mol. The van der Waals surface area contributed by atoms with Crippen LogP contribution in [0, 0.1) is 11.3 Å². The van der Waals surface area contributed by atoms with Gasteiger partial charge in [0.05, 0.1) is 11.6 Å². The van der Waals surface area contributed by atoms with Crippen LogP contribution in [0.5, 0.6) is 0 Å². The Labute approximate surface area is 135 Å². The van der Waals surface area contributed by atoms with Crippen LogP contribution in [0.2, 0.25) is 5.82 Å². The monoisotopic (exact) mass is 249 g/mol. The molecular formula is C10H8BF3KN. The molecule has 1 aliphatic rings. The molecule has 0 spiro atoms. The summed E-state index contributed by atoms with van der Waals surface area (Å²) in [4.78, 5) is 0. The van der Waals surface area contributed by atoms with Gasteiger partial charge in [0.2, 0.25) is 0 Å². The molecule has 78 valence electrons. The van der Waals surface area contributed by atoms with Crippen molar-refractivity contribution in [2.75, 3.05) is 0 Å². The van der Waals surface area contributed by atoms with Gasteiger partial charge in [-0.15, -0.1) is 0 Å². The van der Waals surface area contributed by atoms with Crippen LogP contribution in [0.25, 0.3) is 0 Å². The molecule has 0 radical (unpaired) electrons. The topological polar surface area (TPSA) is 23.8 Å². The van der Waals surface area contributed by atoms with Crippen LogP contribution in [0.1, 0.15) is 23.5 Å². The molecule has 1 aromatic rings. The fraction of sp³-hybridized carbons (Fsp3) is 0.300. The van der Waals surface area contributed by atoms with Gasteiger partial charge in [-0.2, -0.15) is 5.26 Å². The van der Waals surface area contributed by atoms with Gasteiger partial charge >= 0.3 is 58.4 Å². The molecule has 0 aliphatic heterocycles. The maximum absolute atomic E-state index is 12.4. The van der Waals surface area contributed by atoms with Gasteiger partial charge in [-0.05, 0) is 23.6 Å². The standard InChI is InChI=1S/C10H8BF3N.K/c12-11(13,14)10-5-9(10)8-3-1-2-7(4-8)6-15;/h1-4,9-10H,5H2;/q-1;+1/t9-,10+;/m0./s1. The first-order valence-electron chi connectivity index (χ1n) is 4.72. The molecule has 0 heterocycles. The van der Waals surface area contributed by atoms with Crippen LogP contribution >= 0.6 is 0 Å². The Bertz CT molecular complexity index is 427. The molecule has 1 aliphatic carbocycles. The smallest absolute Gasteiger partial charge is 0.449 e. The molecule has 16 heavy (non-hydrogen) atoms. The van der Waals surface area contributed by atoms with E-state index >= 15 is 0 Å². The normalized spacial score (nSPS) is 23.1. The molecule has 0 saturated heterocycles. The van der Waals surface area contributed by atoms with E-state index in [4.69, 9.17) is 5.26 Å². The Hall–Kier alpha value is 0.201. The van der Waals surface area contributed by atoms with Crippen LogP contribution in [0.4, 0.5) is 12.9 Å². The Morgan fingerprint density at radius 3 is 2.50 bits per heavy atom. The van der Waals surface area contributed by atoms with Gasteiger partial charge in [-0.25, -0.2) is 0 Å². The Morgan fingerprint density at radius 1 is 1.31 bits per heavy atom. The van der Waals surface area contributed by atoms with Crippen LogP contribution < -0.4 is 51.4 Å². The van der Waals surface area contributed by atoms with Crippen molar-refractivity contribution in [2.45, 2.75) is 18.2 Å². The largest absolute Gasteiger partial charge is 1.00 e. The van der Waals surface area contributed by atoms with Gasteiger partial charge < -0.3 is 12.9 Å². The van der Waals surface area contributed by atoms with Gasteiger partial charge in [0.1, 0.15) is 0 Å². The maximum atomic E-state index is 12.4. The van der Waals surface area contributed by atoms with Gasteiger partial charge in [0, 0.05) is 0 Å². The zero-order valence-electron chi connectivity index (χ0n) is 8.83. The van der Waals surface area contributed by atoms with Crippen molar-refractivity contribution >= 4 is 6.98 Å². The SMILES string of the molecule is N#Cc1cccc([C@@H]2C[C@H]2[B-](F)(F)F)c1.[K+]. The summed E-state index contributed by atoms with van der Waals surface area (Å²) in [6.07, 6.45) is 0.179. The molecule has 2 rings (SSSR count). The third-order valence-corrected chi connectivity index (χ3v) is 2.77. The quantitative estimate of drug-likeness (QED) is 0.690. The molecule has 2 atom stereocenters. The van der Waals surface area contributed by atoms with Crippen molar-refractivity contribution in [2.24, 2.45) is 0 Å². The van der Waals surface area contributed by atoms with E-state index < -0.39 is 18.7 Å². The van der Waals surface area contributed by atoms with E-state index in [-0.39, 0.29) is 57.8 Å². The Kier molecular flexibility index (Phi) is 4.67. The molecule has 1 nitrogen and oxygen atoms in total. The van der Waals surface area contributed by atoms with Crippen molar-refractivity contribution in [3.8, 4) is 6.07 Å². The van der Waals surface area contributed by atoms with Crippen molar-refractivity contribution < 1.29 is 64.3 Å². The zero-order chi connectivity index (χ0) is 11.1. The number of halogens is 3. The molecule has 1 aromatic carbocycles. The number of benzene rings is 1. The first-order chi connectivity index (χ1) is 7.02. The third kappa shape index (κ3) is 3.11. The second kappa shape index (κ2) is 5.23. The molecule has 0 amide bonds. The van der Waals surface area contributed by atoms with Gasteiger partial charge in [-0.3, -0.25) is 0 Å². The molecule has 0 unspecified atom stereocenters. The van der Waals surface area contributed by atoms with Crippen molar-refractivity contribution in [3.05, 3.63) is 35.4 Å². The van der Waals surface area contributed by atoms with E-state index in [0.29, 0.717) is 11.1 Å². The molecule has 0 aromatic heterocycles. The average Bonchev–Trinajstić information content (AvgIpc) is 2.96. The maximum Gasteiger partial charge on any atom is 1.00 e. The summed E-state index contributed by atoms with van der Waals surface area (Å²) in [7, 11) is 0. The summed E-state index contributed by atoms with van der Waals surface area (Å²) >= 11 is 0. The second-order valence-corrected chi connectivity index (χ2v) is 3.87. The van der Waals surface area contributed by atoms with E-state index in [1.807, 2.05) is 6.07 Å². The minimum Gasteiger partial charge on any atom is -0.449 e. The number of nitrogens with zero attached hydrogens (tertiary/aromatic N) is 1. The average molecular weight is 249 g/mol. The van der Waals surface area contributed by atoms with Crippen LogP contribution in [-0.2, 0) is 0 Å². The van der Waals surface area contributed by atoms with E-state index in [2.05, 4.69) is 0 Å². The third-order valence-electron chi connectivity index (χ3n) is 2.77. The fourth-order valence-corrected chi connectivity index (χ4v) is 1.85. The molecule has 1 fully saturated rings. The first kappa shape index (κ1) is 14.3. The first-order valence-corrected chi connectivity index (χ1v) is 4.72. The fourth-order valence-electron chi connectivity index (χ4n) is 1.85.